The first-order chi connectivity index (χ1) is 10.2. The first kappa shape index (κ1) is 13.9. The van der Waals surface area contributed by atoms with Crippen LogP contribution >= 0.6 is 0 Å². The first-order valence-corrected chi connectivity index (χ1v) is 7.49. The number of rotatable bonds is 4. The maximum absolute atomic E-state index is 12.1. The van der Waals surface area contributed by atoms with Gasteiger partial charge in [-0.25, -0.2) is 4.99 Å². The van der Waals surface area contributed by atoms with Crippen molar-refractivity contribution in [2.24, 2.45) is 10.9 Å². The minimum Gasteiger partial charge on any atom is -0.496 e. The third-order valence-corrected chi connectivity index (χ3v) is 4.20. The molecule has 1 heterocycles. The molecule has 1 amide bonds. The maximum atomic E-state index is 12.1. The Morgan fingerprint density at radius 1 is 1.43 bits per heavy atom. The fourth-order valence-corrected chi connectivity index (χ4v) is 2.63. The van der Waals surface area contributed by atoms with Crippen molar-refractivity contribution in [1.29, 1.82) is 0 Å². The number of amidine groups is 1. The lowest BCUT2D eigenvalue weighted by Crippen LogP contribution is -2.33. The van der Waals surface area contributed by atoms with E-state index in [9.17, 15) is 4.79 Å². The molecule has 1 aliphatic heterocycles. The molecule has 0 radical (unpaired) electrons. The summed E-state index contributed by atoms with van der Waals surface area (Å²) in [6.07, 6.45) is 6.25. The molecule has 0 aromatic heterocycles. The molecule has 1 saturated carbocycles. The van der Waals surface area contributed by atoms with Crippen molar-refractivity contribution >= 4 is 17.8 Å². The molecule has 1 N–H and O–H groups in total. The van der Waals surface area contributed by atoms with Gasteiger partial charge >= 0.3 is 0 Å². The lowest BCUT2D eigenvalue weighted by Gasteiger charge is -2.24. The van der Waals surface area contributed by atoms with E-state index in [-0.39, 0.29) is 5.91 Å². The quantitative estimate of drug-likeness (QED) is 0.864. The van der Waals surface area contributed by atoms with Gasteiger partial charge in [0.15, 0.2) is 0 Å². The van der Waals surface area contributed by atoms with Gasteiger partial charge in [-0.2, -0.15) is 0 Å². The van der Waals surface area contributed by atoms with E-state index in [4.69, 9.17) is 4.74 Å². The molecule has 3 rings (SSSR count). The van der Waals surface area contributed by atoms with Crippen molar-refractivity contribution in [3.8, 4) is 5.75 Å². The highest BCUT2D eigenvalue weighted by Gasteiger charge is 2.30. The van der Waals surface area contributed by atoms with E-state index in [1.54, 1.807) is 7.11 Å². The lowest BCUT2D eigenvalue weighted by atomic mass is 9.84. The van der Waals surface area contributed by atoms with Gasteiger partial charge in [0.2, 0.25) is 0 Å². The van der Waals surface area contributed by atoms with Crippen LogP contribution < -0.4 is 10.1 Å². The summed E-state index contributed by atoms with van der Waals surface area (Å²) < 4.78 is 5.37. The number of methoxy groups -OCH3 is 1. The number of amides is 1. The van der Waals surface area contributed by atoms with Gasteiger partial charge in [-0.15, -0.1) is 0 Å². The molecule has 110 valence electrons. The van der Waals surface area contributed by atoms with E-state index in [0.717, 1.165) is 36.4 Å². The number of hydrogen-bond acceptors (Lipinski definition) is 3. The van der Waals surface area contributed by atoms with Crippen LogP contribution in [0, 0.1) is 5.92 Å². The molecular weight excluding hydrogens is 264 g/mol. The van der Waals surface area contributed by atoms with Crippen molar-refractivity contribution < 1.29 is 9.53 Å². The number of ether oxygens (including phenoxy) is 1. The van der Waals surface area contributed by atoms with Crippen LogP contribution in [0.2, 0.25) is 0 Å². The SMILES string of the molecule is CCc1ccc(OC)c(/C=C2/N=C(C3CCC3)NC2=O)c1. The van der Waals surface area contributed by atoms with Crippen LogP contribution in [0.1, 0.15) is 37.3 Å². The van der Waals surface area contributed by atoms with E-state index in [1.165, 1.54) is 12.0 Å². The molecular formula is C17H20N2O2. The number of nitrogens with one attached hydrogen (secondary N) is 1. The highest BCUT2D eigenvalue weighted by Crippen LogP contribution is 2.30. The zero-order valence-corrected chi connectivity index (χ0v) is 12.5. The molecule has 0 spiro atoms. The average Bonchev–Trinajstić information content (AvgIpc) is 2.77. The van der Waals surface area contributed by atoms with Crippen LogP contribution in [0.15, 0.2) is 28.9 Å². The second kappa shape index (κ2) is 5.72. The van der Waals surface area contributed by atoms with Gasteiger partial charge in [-0.05, 0) is 43.0 Å². The van der Waals surface area contributed by atoms with Gasteiger partial charge < -0.3 is 10.1 Å². The summed E-state index contributed by atoms with van der Waals surface area (Å²) in [5, 5.41) is 2.89. The fourth-order valence-electron chi connectivity index (χ4n) is 2.63. The van der Waals surface area contributed by atoms with E-state index in [2.05, 4.69) is 23.3 Å². The van der Waals surface area contributed by atoms with Crippen LogP contribution in [-0.2, 0) is 11.2 Å². The highest BCUT2D eigenvalue weighted by molar-refractivity contribution is 6.15. The molecule has 1 aromatic carbocycles. The second-order valence-electron chi connectivity index (χ2n) is 5.54. The third-order valence-electron chi connectivity index (χ3n) is 4.20. The van der Waals surface area contributed by atoms with Crippen molar-refractivity contribution in [2.45, 2.75) is 32.6 Å². The second-order valence-corrected chi connectivity index (χ2v) is 5.54. The molecule has 1 fully saturated rings. The molecule has 0 atom stereocenters. The Labute approximate surface area is 124 Å². The number of aryl methyl sites for hydroxylation is 1. The number of nitrogens with zero attached hydrogens (tertiary/aromatic N) is 1. The molecule has 4 heteroatoms. The van der Waals surface area contributed by atoms with Gasteiger partial charge in [0.05, 0.1) is 7.11 Å². The highest BCUT2D eigenvalue weighted by atomic mass is 16.5. The molecule has 0 unspecified atom stereocenters. The van der Waals surface area contributed by atoms with Gasteiger partial charge in [-0.1, -0.05) is 19.4 Å². The van der Waals surface area contributed by atoms with Crippen molar-refractivity contribution in [3.05, 3.63) is 35.0 Å². The number of benzene rings is 1. The summed E-state index contributed by atoms with van der Waals surface area (Å²) in [4.78, 5) is 16.5. The predicted octanol–water partition coefficient (Wildman–Crippen LogP) is 2.93. The Hall–Kier alpha value is -2.10. The van der Waals surface area contributed by atoms with Gasteiger partial charge in [0.25, 0.3) is 5.91 Å². The van der Waals surface area contributed by atoms with E-state index in [0.29, 0.717) is 11.6 Å². The number of aliphatic imine (C=N–C) groups is 1. The Morgan fingerprint density at radius 3 is 2.86 bits per heavy atom. The van der Waals surface area contributed by atoms with Crippen molar-refractivity contribution in [1.82, 2.24) is 5.32 Å². The number of carbonyl (C=O) groups is 1. The first-order valence-electron chi connectivity index (χ1n) is 7.49. The maximum Gasteiger partial charge on any atom is 0.275 e. The lowest BCUT2D eigenvalue weighted by molar-refractivity contribution is -0.115. The van der Waals surface area contributed by atoms with Gasteiger partial charge in [-0.3, -0.25) is 4.79 Å². The molecule has 2 aliphatic rings. The Bertz CT molecular complexity index is 628. The van der Waals surface area contributed by atoms with Crippen LogP contribution in [-0.4, -0.2) is 18.9 Å². The number of hydrogen-bond donors (Lipinski definition) is 1. The molecule has 0 bridgehead atoms. The van der Waals surface area contributed by atoms with Crippen molar-refractivity contribution in [3.63, 3.8) is 0 Å². The molecule has 1 aromatic rings. The molecule has 0 saturated heterocycles. The monoisotopic (exact) mass is 284 g/mol. The Kier molecular flexibility index (Phi) is 3.78. The Balaban J connectivity index is 1.93. The minimum absolute atomic E-state index is 0.110. The van der Waals surface area contributed by atoms with E-state index in [1.807, 2.05) is 18.2 Å². The summed E-state index contributed by atoms with van der Waals surface area (Å²) in [6.45, 7) is 2.11. The summed E-state index contributed by atoms with van der Waals surface area (Å²) in [5.41, 5.74) is 2.59. The van der Waals surface area contributed by atoms with Crippen LogP contribution in [0.3, 0.4) is 0 Å². The van der Waals surface area contributed by atoms with Crippen LogP contribution in [0.25, 0.3) is 6.08 Å². The van der Waals surface area contributed by atoms with Gasteiger partial charge in [0, 0.05) is 11.5 Å². The molecule has 21 heavy (non-hydrogen) atoms. The summed E-state index contributed by atoms with van der Waals surface area (Å²) in [5.74, 6) is 1.92. The Morgan fingerprint density at radius 2 is 2.24 bits per heavy atom. The van der Waals surface area contributed by atoms with E-state index >= 15 is 0 Å². The molecule has 1 aliphatic carbocycles. The minimum atomic E-state index is -0.110. The fraction of sp³-hybridized carbons (Fsp3) is 0.412. The largest absolute Gasteiger partial charge is 0.496 e. The molecule has 4 nitrogen and oxygen atoms in total. The summed E-state index contributed by atoms with van der Waals surface area (Å²) >= 11 is 0. The normalized spacial score (nSPS) is 20.2. The third kappa shape index (κ3) is 2.71. The van der Waals surface area contributed by atoms with E-state index < -0.39 is 0 Å². The van der Waals surface area contributed by atoms with Crippen LogP contribution in [0.5, 0.6) is 5.75 Å². The average molecular weight is 284 g/mol. The van der Waals surface area contributed by atoms with Gasteiger partial charge in [0.1, 0.15) is 17.3 Å². The van der Waals surface area contributed by atoms with Crippen LogP contribution in [0.4, 0.5) is 0 Å². The zero-order chi connectivity index (χ0) is 14.8. The topological polar surface area (TPSA) is 50.7 Å². The number of carbonyl (C=O) groups excluding carboxylic acids is 1. The van der Waals surface area contributed by atoms with Crippen molar-refractivity contribution in [2.75, 3.05) is 7.11 Å². The summed E-state index contributed by atoms with van der Waals surface area (Å²) in [6, 6.07) is 6.03. The summed E-state index contributed by atoms with van der Waals surface area (Å²) in [7, 11) is 1.64. The standard InChI is InChI=1S/C17H20N2O2/c1-3-11-7-8-15(21-2)13(9-11)10-14-17(20)19-16(18-14)12-5-4-6-12/h7-10,12H,3-6H2,1-2H3,(H,18,19,20)/b14-10+. The smallest absolute Gasteiger partial charge is 0.275 e. The zero-order valence-electron chi connectivity index (χ0n) is 12.5. The predicted molar refractivity (Wildman–Crippen MR) is 83.3 cm³/mol.